The Hall–Kier alpha value is -1.53. The molecular weight excluding hydrogens is 260 g/mol. The molecule has 2 heterocycles. The molecule has 2 rings (SSSR count). The highest BCUT2D eigenvalue weighted by atomic mass is 32.1. The van der Waals surface area contributed by atoms with Gasteiger partial charge in [0.15, 0.2) is 12.2 Å². The van der Waals surface area contributed by atoms with Gasteiger partial charge in [-0.15, -0.1) is 0 Å². The van der Waals surface area contributed by atoms with Gasteiger partial charge < -0.3 is 10.8 Å². The first-order valence-electron chi connectivity index (χ1n) is 6.21. The van der Waals surface area contributed by atoms with Crippen molar-refractivity contribution in [3.05, 3.63) is 33.7 Å². The van der Waals surface area contributed by atoms with Gasteiger partial charge in [0, 0.05) is 26.9 Å². The fourth-order valence-corrected chi connectivity index (χ4v) is 2.96. The van der Waals surface area contributed by atoms with E-state index in [1.807, 2.05) is 24.7 Å². The first kappa shape index (κ1) is 13.9. The van der Waals surface area contributed by atoms with Crippen molar-refractivity contribution in [3.8, 4) is 0 Å². The summed E-state index contributed by atoms with van der Waals surface area (Å²) in [5.74, 6) is 1.48. The van der Waals surface area contributed by atoms with Crippen LogP contribution in [-0.4, -0.2) is 16.7 Å². The maximum absolute atomic E-state index is 9.02. The third-order valence-corrected chi connectivity index (χ3v) is 4.45. The number of aryl methyl sites for hydroxylation is 2. The van der Waals surface area contributed by atoms with Crippen molar-refractivity contribution in [1.29, 1.82) is 0 Å². The number of nitrogen functional groups attached to an aromatic ring is 1. The number of aromatic nitrogens is 3. The predicted octanol–water partition coefficient (Wildman–Crippen LogP) is 0.0372. The minimum absolute atomic E-state index is 0.185. The minimum Gasteiger partial charge on any atom is -0.396 e. The highest BCUT2D eigenvalue weighted by Crippen LogP contribution is 2.13. The van der Waals surface area contributed by atoms with Crippen LogP contribution in [0.15, 0.2) is 11.7 Å². The molecule has 0 saturated carbocycles. The lowest BCUT2D eigenvalue weighted by Crippen LogP contribution is -2.39. The summed E-state index contributed by atoms with van der Waals surface area (Å²) in [5, 5.41) is 9.02. The van der Waals surface area contributed by atoms with E-state index < -0.39 is 0 Å². The van der Waals surface area contributed by atoms with E-state index in [-0.39, 0.29) is 6.61 Å². The minimum atomic E-state index is 0.185. The molecule has 2 aromatic rings. The van der Waals surface area contributed by atoms with Crippen LogP contribution in [0.4, 0.5) is 5.82 Å². The molecule has 3 N–H and O–H groups in total. The zero-order chi connectivity index (χ0) is 14.0. The highest BCUT2D eigenvalue weighted by molar-refractivity contribution is 7.09. The van der Waals surface area contributed by atoms with Crippen LogP contribution in [0.3, 0.4) is 0 Å². The van der Waals surface area contributed by atoms with Crippen molar-refractivity contribution in [3.63, 3.8) is 0 Å². The average molecular weight is 280 g/mol. The summed E-state index contributed by atoms with van der Waals surface area (Å²) in [7, 11) is 1.97. The van der Waals surface area contributed by atoms with E-state index in [9.17, 15) is 0 Å². The molecule has 2 aromatic heterocycles. The first-order chi connectivity index (χ1) is 9.02. The third kappa shape index (κ3) is 2.90. The Morgan fingerprint density at radius 1 is 1.42 bits per heavy atom. The van der Waals surface area contributed by atoms with Crippen molar-refractivity contribution in [1.82, 2.24) is 4.98 Å². The van der Waals surface area contributed by atoms with Crippen molar-refractivity contribution in [2.24, 2.45) is 7.05 Å². The average Bonchev–Trinajstić information content (AvgIpc) is 2.69. The smallest absolute Gasteiger partial charge is 0.297 e. The first-order valence-corrected chi connectivity index (χ1v) is 7.09. The molecule has 19 heavy (non-hydrogen) atoms. The van der Waals surface area contributed by atoms with Crippen molar-refractivity contribution in [2.75, 3.05) is 12.3 Å². The molecule has 0 amide bonds. The van der Waals surface area contributed by atoms with E-state index in [2.05, 4.69) is 22.0 Å². The topological polar surface area (TPSA) is 66.9 Å². The van der Waals surface area contributed by atoms with Crippen LogP contribution >= 0.6 is 11.3 Å². The molecule has 0 aliphatic rings. The quantitative estimate of drug-likeness (QED) is 0.777. The standard InChI is InChI=1S/C13H19N4OS/c1-9-12(4-5-18)19-8-17(9)7-11-6-16(3)10(2)15-13(11)14/h6,8,14,18H,4-5,7H2,1-3H3/q+1/p+1. The highest BCUT2D eigenvalue weighted by Gasteiger charge is 2.20. The zero-order valence-electron chi connectivity index (χ0n) is 11.6. The number of hydrogen-bond acceptors (Lipinski definition) is 4. The van der Waals surface area contributed by atoms with Crippen LogP contribution in [0.5, 0.6) is 0 Å². The normalized spacial score (nSPS) is 10.9. The number of hydrogen-bond donors (Lipinski definition) is 2. The summed E-state index contributed by atoms with van der Waals surface area (Å²) >= 11 is 1.67. The second-order valence-electron chi connectivity index (χ2n) is 4.64. The van der Waals surface area contributed by atoms with Gasteiger partial charge in [-0.1, -0.05) is 11.3 Å². The largest absolute Gasteiger partial charge is 0.396 e. The SMILES string of the molecule is Cc1nc(N)c(C[n+]2csc(CCO)c2C)c[n+]1C. The molecular formula is C13H20N4OS+2. The van der Waals surface area contributed by atoms with Gasteiger partial charge in [-0.05, 0) is 4.98 Å². The van der Waals surface area contributed by atoms with Gasteiger partial charge in [-0.25, -0.2) is 4.57 Å². The summed E-state index contributed by atoms with van der Waals surface area (Å²) in [6, 6.07) is 0. The van der Waals surface area contributed by atoms with Crippen molar-refractivity contribution in [2.45, 2.75) is 26.8 Å². The molecule has 0 radical (unpaired) electrons. The van der Waals surface area contributed by atoms with E-state index in [0.717, 1.165) is 11.4 Å². The van der Waals surface area contributed by atoms with Crippen LogP contribution in [-0.2, 0) is 20.0 Å². The molecule has 102 valence electrons. The summed E-state index contributed by atoms with van der Waals surface area (Å²) in [4.78, 5) is 5.55. The molecule has 0 atom stereocenters. The molecule has 0 aromatic carbocycles. The molecule has 0 fully saturated rings. The second-order valence-corrected chi connectivity index (χ2v) is 5.58. The predicted molar refractivity (Wildman–Crippen MR) is 73.7 cm³/mol. The lowest BCUT2D eigenvalue weighted by molar-refractivity contribution is -0.698. The Balaban J connectivity index is 2.29. The monoisotopic (exact) mass is 280 g/mol. The Morgan fingerprint density at radius 2 is 2.16 bits per heavy atom. The molecule has 6 heteroatoms. The van der Waals surface area contributed by atoms with E-state index >= 15 is 0 Å². The molecule has 0 saturated heterocycles. The van der Waals surface area contributed by atoms with Gasteiger partial charge in [-0.2, -0.15) is 4.57 Å². The fraction of sp³-hybridized carbons (Fsp3) is 0.462. The summed E-state index contributed by atoms with van der Waals surface area (Å²) in [6.45, 7) is 4.90. The fourth-order valence-electron chi connectivity index (χ4n) is 1.97. The lowest BCUT2D eigenvalue weighted by Gasteiger charge is -2.00. The number of nitrogens with two attached hydrogens (primary N) is 1. The molecule has 0 unspecified atom stereocenters. The summed E-state index contributed by atoms with van der Waals surface area (Å²) in [6.07, 6.45) is 2.73. The van der Waals surface area contributed by atoms with Crippen molar-refractivity contribution < 1.29 is 14.2 Å². The van der Waals surface area contributed by atoms with E-state index in [4.69, 9.17) is 10.8 Å². The van der Waals surface area contributed by atoms with E-state index in [1.165, 1.54) is 10.6 Å². The Morgan fingerprint density at radius 3 is 2.84 bits per heavy atom. The third-order valence-electron chi connectivity index (χ3n) is 3.31. The Kier molecular flexibility index (Phi) is 4.11. The Bertz CT molecular complexity index is 595. The number of anilines is 1. The van der Waals surface area contributed by atoms with Gasteiger partial charge in [0.05, 0.1) is 11.9 Å². The summed E-state index contributed by atoms with van der Waals surface area (Å²) < 4.78 is 4.13. The molecule has 0 aliphatic heterocycles. The molecule has 5 nitrogen and oxygen atoms in total. The van der Waals surface area contributed by atoms with Crippen LogP contribution in [0, 0.1) is 13.8 Å². The lowest BCUT2D eigenvalue weighted by atomic mass is 10.2. The number of nitrogens with zero attached hydrogens (tertiary/aromatic N) is 3. The van der Waals surface area contributed by atoms with E-state index in [0.29, 0.717) is 18.8 Å². The number of rotatable bonds is 4. The van der Waals surface area contributed by atoms with Crippen molar-refractivity contribution >= 4 is 17.2 Å². The molecule has 0 bridgehead atoms. The molecule has 0 aliphatic carbocycles. The van der Waals surface area contributed by atoms with Crippen LogP contribution in [0.2, 0.25) is 0 Å². The summed E-state index contributed by atoms with van der Waals surface area (Å²) in [5.41, 5.74) is 10.2. The van der Waals surface area contributed by atoms with Gasteiger partial charge in [0.25, 0.3) is 11.6 Å². The van der Waals surface area contributed by atoms with Crippen LogP contribution < -0.4 is 14.9 Å². The number of aliphatic hydroxyl groups excluding tert-OH is 1. The number of thiazole rings is 1. The molecule has 0 spiro atoms. The van der Waals surface area contributed by atoms with Crippen LogP contribution in [0.25, 0.3) is 0 Å². The second kappa shape index (κ2) is 5.63. The van der Waals surface area contributed by atoms with Gasteiger partial charge in [0.1, 0.15) is 11.8 Å². The maximum Gasteiger partial charge on any atom is 0.297 e. The van der Waals surface area contributed by atoms with Crippen LogP contribution in [0.1, 0.15) is 22.0 Å². The maximum atomic E-state index is 9.02. The van der Waals surface area contributed by atoms with E-state index in [1.54, 1.807) is 11.3 Å². The van der Waals surface area contributed by atoms with Gasteiger partial charge >= 0.3 is 0 Å². The zero-order valence-corrected chi connectivity index (χ0v) is 12.4. The Labute approximate surface area is 117 Å². The number of aliphatic hydroxyl groups is 1. The van der Waals surface area contributed by atoms with Gasteiger partial charge in [0.2, 0.25) is 5.51 Å². The van der Waals surface area contributed by atoms with Gasteiger partial charge in [-0.3, -0.25) is 0 Å².